The van der Waals surface area contributed by atoms with E-state index in [0.29, 0.717) is 12.1 Å². The molecule has 0 saturated heterocycles. The molecule has 0 aromatic carbocycles. The van der Waals surface area contributed by atoms with Gasteiger partial charge in [0.05, 0.1) is 6.04 Å². The van der Waals surface area contributed by atoms with E-state index >= 15 is 0 Å². The second kappa shape index (κ2) is 4.56. The van der Waals surface area contributed by atoms with Gasteiger partial charge in [-0.1, -0.05) is 18.2 Å². The smallest absolute Gasteiger partial charge is 0.157 e. The number of rotatable bonds is 2. The summed E-state index contributed by atoms with van der Waals surface area (Å²) in [6.45, 7) is 4.50. The molecule has 1 N–H and O–H groups in total. The van der Waals surface area contributed by atoms with Crippen LogP contribution in [0.25, 0.3) is 0 Å². The quantitative estimate of drug-likeness (QED) is 0.761. The molecule has 2 unspecified atom stereocenters. The monoisotopic (exact) mass is 212 g/mol. The lowest BCUT2D eigenvalue weighted by atomic mass is 9.80. The van der Waals surface area contributed by atoms with E-state index in [1.165, 1.54) is 36.6 Å². The SMILES string of the molecule is CC1CCSC(NC(C)C2CCC2)=N1. The van der Waals surface area contributed by atoms with Crippen molar-refractivity contribution in [2.24, 2.45) is 10.9 Å². The molecule has 80 valence electrons. The number of nitrogens with one attached hydrogen (secondary N) is 1. The van der Waals surface area contributed by atoms with Gasteiger partial charge in [0.1, 0.15) is 0 Å². The van der Waals surface area contributed by atoms with Crippen LogP contribution in [0, 0.1) is 5.92 Å². The van der Waals surface area contributed by atoms with Crippen LogP contribution < -0.4 is 5.32 Å². The van der Waals surface area contributed by atoms with Crippen molar-refractivity contribution >= 4 is 16.9 Å². The molecule has 1 aliphatic carbocycles. The summed E-state index contributed by atoms with van der Waals surface area (Å²) >= 11 is 1.89. The lowest BCUT2D eigenvalue weighted by Crippen LogP contribution is -2.40. The van der Waals surface area contributed by atoms with Crippen LogP contribution in [0.1, 0.15) is 39.5 Å². The first-order valence-corrected chi connectivity index (χ1v) is 6.71. The van der Waals surface area contributed by atoms with E-state index in [0.717, 1.165) is 5.92 Å². The average Bonchev–Trinajstić information content (AvgIpc) is 1.99. The van der Waals surface area contributed by atoms with Gasteiger partial charge in [-0.3, -0.25) is 4.99 Å². The molecule has 0 spiro atoms. The third-order valence-electron chi connectivity index (χ3n) is 3.32. The molecule has 0 aromatic rings. The molecule has 0 radical (unpaired) electrons. The Hall–Kier alpha value is -0.180. The minimum absolute atomic E-state index is 0.521. The number of thioether (sulfide) groups is 1. The van der Waals surface area contributed by atoms with E-state index in [2.05, 4.69) is 24.2 Å². The molecule has 3 heteroatoms. The molecule has 0 amide bonds. The highest BCUT2D eigenvalue weighted by atomic mass is 32.2. The number of aliphatic imine (C=N–C) groups is 1. The molecule has 1 saturated carbocycles. The highest BCUT2D eigenvalue weighted by molar-refractivity contribution is 8.13. The first-order chi connectivity index (χ1) is 6.75. The average molecular weight is 212 g/mol. The Bertz CT molecular complexity index is 223. The molecule has 2 rings (SSSR count). The van der Waals surface area contributed by atoms with Crippen molar-refractivity contribution in [2.45, 2.75) is 51.6 Å². The zero-order valence-electron chi connectivity index (χ0n) is 9.12. The van der Waals surface area contributed by atoms with Gasteiger partial charge >= 0.3 is 0 Å². The van der Waals surface area contributed by atoms with E-state index in [-0.39, 0.29) is 0 Å². The van der Waals surface area contributed by atoms with Gasteiger partial charge in [-0.05, 0) is 39.0 Å². The van der Waals surface area contributed by atoms with Crippen LogP contribution in [0.15, 0.2) is 4.99 Å². The van der Waals surface area contributed by atoms with E-state index in [9.17, 15) is 0 Å². The first-order valence-electron chi connectivity index (χ1n) is 5.73. The second-order valence-corrected chi connectivity index (χ2v) is 5.63. The number of hydrogen-bond donors (Lipinski definition) is 1. The molecule has 1 fully saturated rings. The van der Waals surface area contributed by atoms with Crippen molar-refractivity contribution < 1.29 is 0 Å². The Morgan fingerprint density at radius 2 is 2.21 bits per heavy atom. The van der Waals surface area contributed by atoms with Crippen LogP contribution >= 0.6 is 11.8 Å². The Labute approximate surface area is 90.9 Å². The maximum absolute atomic E-state index is 4.63. The summed E-state index contributed by atoms with van der Waals surface area (Å²) in [7, 11) is 0. The van der Waals surface area contributed by atoms with E-state index in [4.69, 9.17) is 0 Å². The number of hydrogen-bond acceptors (Lipinski definition) is 3. The van der Waals surface area contributed by atoms with Gasteiger partial charge in [0.25, 0.3) is 0 Å². The summed E-state index contributed by atoms with van der Waals surface area (Å²) in [5.41, 5.74) is 0. The van der Waals surface area contributed by atoms with Gasteiger partial charge in [0.15, 0.2) is 5.17 Å². The Kier molecular flexibility index (Phi) is 3.37. The largest absolute Gasteiger partial charge is 0.362 e. The fourth-order valence-electron chi connectivity index (χ4n) is 1.96. The standard InChI is InChI=1S/C11H20N2S/c1-8-6-7-14-11(12-8)13-9(2)10-4-3-5-10/h8-10H,3-7H2,1-2H3,(H,12,13). The molecular formula is C11H20N2S. The maximum atomic E-state index is 4.63. The van der Waals surface area contributed by atoms with Crippen molar-refractivity contribution in [1.29, 1.82) is 0 Å². The summed E-state index contributed by atoms with van der Waals surface area (Å²) in [5, 5.41) is 4.75. The molecule has 1 heterocycles. The van der Waals surface area contributed by atoms with Crippen molar-refractivity contribution in [3.05, 3.63) is 0 Å². The fourth-order valence-corrected chi connectivity index (χ4v) is 3.14. The molecular weight excluding hydrogens is 192 g/mol. The van der Waals surface area contributed by atoms with Crippen LogP contribution in [0.2, 0.25) is 0 Å². The topological polar surface area (TPSA) is 24.4 Å². The summed E-state index contributed by atoms with van der Waals surface area (Å²) in [6.07, 6.45) is 5.46. The molecule has 2 nitrogen and oxygen atoms in total. The molecule has 2 aliphatic rings. The maximum Gasteiger partial charge on any atom is 0.157 e. The summed E-state index contributed by atoms with van der Waals surface area (Å²) in [4.78, 5) is 4.63. The Morgan fingerprint density at radius 1 is 1.43 bits per heavy atom. The predicted octanol–water partition coefficient (Wildman–Crippen LogP) is 2.65. The fraction of sp³-hybridized carbons (Fsp3) is 0.909. The van der Waals surface area contributed by atoms with Gasteiger partial charge in [0, 0.05) is 11.8 Å². The van der Waals surface area contributed by atoms with Crippen molar-refractivity contribution in [2.75, 3.05) is 5.75 Å². The predicted molar refractivity (Wildman–Crippen MR) is 63.9 cm³/mol. The van der Waals surface area contributed by atoms with E-state index in [1.54, 1.807) is 0 Å². The van der Waals surface area contributed by atoms with Gasteiger partial charge in [-0.15, -0.1) is 0 Å². The van der Waals surface area contributed by atoms with Crippen LogP contribution in [0.5, 0.6) is 0 Å². The minimum Gasteiger partial charge on any atom is -0.362 e. The zero-order valence-corrected chi connectivity index (χ0v) is 9.94. The minimum atomic E-state index is 0.521. The van der Waals surface area contributed by atoms with Crippen LogP contribution in [0.3, 0.4) is 0 Å². The Morgan fingerprint density at radius 3 is 2.79 bits per heavy atom. The van der Waals surface area contributed by atoms with E-state index in [1.807, 2.05) is 11.8 Å². The second-order valence-electron chi connectivity index (χ2n) is 4.54. The van der Waals surface area contributed by atoms with Crippen molar-refractivity contribution in [1.82, 2.24) is 5.32 Å². The number of amidine groups is 1. The van der Waals surface area contributed by atoms with Gasteiger partial charge in [-0.2, -0.15) is 0 Å². The normalized spacial score (nSPS) is 30.4. The van der Waals surface area contributed by atoms with Gasteiger partial charge in [0.2, 0.25) is 0 Å². The highest BCUT2D eigenvalue weighted by Gasteiger charge is 2.25. The van der Waals surface area contributed by atoms with Crippen LogP contribution in [0.4, 0.5) is 0 Å². The summed E-state index contributed by atoms with van der Waals surface area (Å²) in [6, 6.07) is 1.15. The van der Waals surface area contributed by atoms with Crippen molar-refractivity contribution in [3.8, 4) is 0 Å². The van der Waals surface area contributed by atoms with Crippen LogP contribution in [-0.2, 0) is 0 Å². The van der Waals surface area contributed by atoms with E-state index < -0.39 is 0 Å². The number of nitrogens with zero attached hydrogens (tertiary/aromatic N) is 1. The zero-order chi connectivity index (χ0) is 9.97. The summed E-state index contributed by atoms with van der Waals surface area (Å²) < 4.78 is 0. The van der Waals surface area contributed by atoms with Crippen LogP contribution in [-0.4, -0.2) is 23.0 Å². The van der Waals surface area contributed by atoms with Crippen molar-refractivity contribution in [3.63, 3.8) is 0 Å². The molecule has 1 aliphatic heterocycles. The highest BCUT2D eigenvalue weighted by Crippen LogP contribution is 2.30. The summed E-state index contributed by atoms with van der Waals surface area (Å²) in [5.74, 6) is 2.13. The molecule has 0 bridgehead atoms. The van der Waals surface area contributed by atoms with Gasteiger partial charge < -0.3 is 5.32 Å². The molecule has 2 atom stereocenters. The lowest BCUT2D eigenvalue weighted by Gasteiger charge is -2.33. The third kappa shape index (κ3) is 2.44. The van der Waals surface area contributed by atoms with Gasteiger partial charge in [-0.25, -0.2) is 0 Å². The molecule has 0 aromatic heterocycles. The molecule has 14 heavy (non-hydrogen) atoms. The Balaban J connectivity index is 1.83. The third-order valence-corrected chi connectivity index (χ3v) is 4.26. The first kappa shape index (κ1) is 10.3. The lowest BCUT2D eigenvalue weighted by molar-refractivity contribution is 0.259.